The Hall–Kier alpha value is -7.31. The molecule has 26 nitrogen and oxygen atoms in total. The molecule has 15 aliphatic rings. The second-order valence-corrected chi connectivity index (χ2v) is 42.6. The van der Waals surface area contributed by atoms with Gasteiger partial charge in [-0.05, 0) is 289 Å². The van der Waals surface area contributed by atoms with Crippen LogP contribution in [0.15, 0.2) is 66.7 Å². The van der Waals surface area contributed by atoms with Gasteiger partial charge in [-0.3, -0.25) is 9.59 Å². The van der Waals surface area contributed by atoms with Crippen molar-refractivity contribution in [3.8, 4) is 17.2 Å². The van der Waals surface area contributed by atoms with E-state index in [1.165, 1.54) is 24.2 Å². The zero-order valence-electron chi connectivity index (χ0n) is 77.1. The third-order valence-corrected chi connectivity index (χ3v) is 29.8. The van der Waals surface area contributed by atoms with Gasteiger partial charge in [0, 0.05) is 13.1 Å². The number of aliphatic hydroxyl groups excluding tert-OH is 2. The number of benzene rings is 4. The van der Waals surface area contributed by atoms with Gasteiger partial charge in [0.15, 0.2) is 0 Å². The number of carbonyl (C=O) groups is 6. The van der Waals surface area contributed by atoms with Crippen molar-refractivity contribution in [2.24, 2.45) is 57.5 Å². The second-order valence-electron chi connectivity index (χ2n) is 42.6. The standard InChI is InChI=1S/C38H51BN2O9.C30H45BN2O7.C27H40BNO5/c1-23-25(15-16-39-49-31-18-26-17-30(37(26,5)6)38(31,7)50-39)13-14-29(32(23)34(44)48-36(2,3)4)47-27-19-41(20-27)33(43)28(21-42)40-35(45)46-22-24-11-9-8-10-12-24;1-17-18(10-11-31-39-24-13-19-12-23(29(19,5)6)30(24,7)40-31)8-9-22(25(17)27(36)38-28(2,3)4)37-20-14-33(15-20)26(35)21(32)16-34;1-16-17(8-9-20(31-19-14-29-15-19)23(16)24(30)32-25(2,3)4)10-11-28-33-22-13-18-12-21(26(18,5)6)27(22,7)34-28/h8-14,26-28,30-31,42H,15-22H2,1-7H3,(H,40,45);8-9,19-21,23-24,34H,10-16,32H2,1-7H3;8-9,18-19,21-22,29H,10-15H2,1-7H3/t26-,28+,30-,31+,38-;19-,21+,23-,24+,30-;18-,21-,22+,27-/m000/s1. The number of nitrogens with one attached hydrogen (secondary N) is 2. The number of aryl methyl sites for hydroxylation is 3. The molecule has 6 aliphatic heterocycles. The second kappa shape index (κ2) is 35.3. The highest BCUT2D eigenvalue weighted by molar-refractivity contribution is 6.46. The fraction of sp³-hybridized carbons (Fsp3) is 0.684. The first-order valence-corrected chi connectivity index (χ1v) is 45.4. The molecule has 3 amide bonds. The maximum absolute atomic E-state index is 13.6. The van der Waals surface area contributed by atoms with E-state index in [0.29, 0.717) is 113 Å². The summed E-state index contributed by atoms with van der Waals surface area (Å²) in [5.41, 5.74) is 11.6. The Morgan fingerprint density at radius 2 is 0.823 bits per heavy atom. The van der Waals surface area contributed by atoms with Crippen LogP contribution in [0, 0.1) is 72.5 Å². The molecule has 4 aromatic rings. The van der Waals surface area contributed by atoms with Crippen LogP contribution in [0.4, 0.5) is 4.79 Å². The van der Waals surface area contributed by atoms with Gasteiger partial charge in [0.1, 0.15) is 87.7 Å². The normalized spacial score (nSPS) is 28.8. The number of likely N-dealkylation sites (tertiary alicyclic amines) is 2. The first-order valence-electron chi connectivity index (χ1n) is 45.4. The number of nitrogens with zero attached hydrogens (tertiary/aromatic N) is 2. The fourth-order valence-electron chi connectivity index (χ4n) is 22.0. The number of ether oxygens (including phenoxy) is 7. The molecule has 19 rings (SSSR count). The third kappa shape index (κ3) is 19.0. The average Bonchev–Trinajstić information content (AvgIpc) is 1.44. The zero-order valence-corrected chi connectivity index (χ0v) is 77.1. The molecule has 6 saturated heterocycles. The number of aliphatic hydroxyl groups is 2. The molecule has 0 unspecified atom stereocenters. The summed E-state index contributed by atoms with van der Waals surface area (Å²) in [5, 5.41) is 24.7. The van der Waals surface area contributed by atoms with Crippen molar-refractivity contribution in [1.29, 1.82) is 0 Å². The van der Waals surface area contributed by atoms with Crippen molar-refractivity contribution in [1.82, 2.24) is 20.4 Å². The van der Waals surface area contributed by atoms with Crippen molar-refractivity contribution in [2.45, 2.75) is 311 Å². The molecule has 9 aliphatic carbocycles. The van der Waals surface area contributed by atoms with Gasteiger partial charge in [-0.2, -0.15) is 0 Å². The molecule has 9 saturated carbocycles. The highest BCUT2D eigenvalue weighted by atomic mass is 16.7. The van der Waals surface area contributed by atoms with Crippen LogP contribution in [-0.4, -0.2) is 212 Å². The number of alkyl carbamates (subject to hydrolysis) is 1. The molecule has 29 heteroatoms. The molecule has 676 valence electrons. The van der Waals surface area contributed by atoms with Crippen molar-refractivity contribution in [3.05, 3.63) is 122 Å². The topological polar surface area (TPSA) is 319 Å². The van der Waals surface area contributed by atoms with Gasteiger partial charge in [0.2, 0.25) is 11.8 Å². The quantitative estimate of drug-likeness (QED) is 0.0234. The van der Waals surface area contributed by atoms with Crippen molar-refractivity contribution in [2.75, 3.05) is 52.5 Å². The maximum Gasteiger partial charge on any atom is 0.457 e. The highest BCUT2D eigenvalue weighted by Crippen LogP contribution is 2.68. The van der Waals surface area contributed by atoms with E-state index in [-0.39, 0.29) is 106 Å². The largest absolute Gasteiger partial charge is 0.487 e. The van der Waals surface area contributed by atoms with Crippen LogP contribution in [0.2, 0.25) is 19.0 Å². The van der Waals surface area contributed by atoms with Gasteiger partial charge in [-0.1, -0.05) is 90.1 Å². The molecule has 15 fully saturated rings. The Balaban J connectivity index is 0.000000154. The summed E-state index contributed by atoms with van der Waals surface area (Å²) in [4.78, 5) is 80.7. The number of amides is 3. The van der Waals surface area contributed by atoms with Crippen molar-refractivity contribution >= 4 is 57.2 Å². The van der Waals surface area contributed by atoms with E-state index in [1.54, 1.807) is 11.0 Å². The monoisotopic (exact) mass is 1720 g/mol. The highest BCUT2D eigenvalue weighted by Gasteiger charge is 2.70. The Bertz CT molecular complexity index is 4610. The SMILES string of the molecule is Cc1c(CCB2O[C@@H]3C[C@@H]4C[C@@H](C4(C)C)[C@]3(C)O2)ccc(OC2CN(C(=O)[C@@H](CO)NC(=O)OCc3ccccc3)C2)c1C(=O)OC(C)(C)C.Cc1c(CCB2O[C@@H]3C[C@@H]4C[C@@H](C4(C)C)[C@]3(C)O2)ccc(OC2CN(C(=O)[C@H](N)CO)C2)c1C(=O)OC(C)(C)C.Cc1c(CCB2O[C@@H]3C[C@@H]4C[C@@H](C4(C)C)[C@]3(C)O2)ccc(OC2CNC2)c1C(=O)OC(C)(C)C. The van der Waals surface area contributed by atoms with Crippen LogP contribution in [-0.2, 0) is 82.3 Å². The van der Waals surface area contributed by atoms with E-state index in [4.69, 9.17) is 71.9 Å². The molecular formula is C95H136B3N5O21. The van der Waals surface area contributed by atoms with Gasteiger partial charge in [-0.15, -0.1) is 0 Å². The number of hydrogen-bond acceptors (Lipinski definition) is 23. The molecule has 6 heterocycles. The van der Waals surface area contributed by atoms with Crippen LogP contribution in [0.25, 0.3) is 0 Å². The summed E-state index contributed by atoms with van der Waals surface area (Å²) in [7, 11) is -0.775. The lowest BCUT2D eigenvalue weighted by Gasteiger charge is -2.64. The van der Waals surface area contributed by atoms with Gasteiger partial charge in [-0.25, -0.2) is 19.2 Å². The summed E-state index contributed by atoms with van der Waals surface area (Å²) in [6, 6.07) is 18.6. The van der Waals surface area contributed by atoms with Gasteiger partial charge in [0.25, 0.3) is 0 Å². The van der Waals surface area contributed by atoms with E-state index < -0.39 is 72.1 Å². The smallest absolute Gasteiger partial charge is 0.457 e. The van der Waals surface area contributed by atoms with E-state index in [2.05, 4.69) is 79.0 Å². The summed E-state index contributed by atoms with van der Waals surface area (Å²) >= 11 is 0. The summed E-state index contributed by atoms with van der Waals surface area (Å²) in [6.07, 6.45) is 10.2. The number of hydrogen-bond donors (Lipinski definition) is 5. The van der Waals surface area contributed by atoms with Crippen LogP contribution in [0.5, 0.6) is 17.2 Å². The molecule has 6 bridgehead atoms. The maximum atomic E-state index is 13.6. The van der Waals surface area contributed by atoms with Gasteiger partial charge in [0.05, 0.1) is 74.5 Å². The molecule has 6 N–H and O–H groups in total. The summed E-state index contributed by atoms with van der Waals surface area (Å²) in [5.74, 6) is 3.12. The van der Waals surface area contributed by atoms with Gasteiger partial charge >= 0.3 is 45.4 Å². The number of rotatable bonds is 25. The summed E-state index contributed by atoms with van der Waals surface area (Å²) in [6.45, 7) is 45.1. The number of esters is 3. The lowest BCUT2D eigenvalue weighted by atomic mass is 9.43. The summed E-state index contributed by atoms with van der Waals surface area (Å²) < 4.78 is 80.2. The molecule has 14 atom stereocenters. The molecular weight excluding hydrogens is 1580 g/mol. The van der Waals surface area contributed by atoms with Crippen molar-refractivity contribution < 1.29 is 100 Å². The van der Waals surface area contributed by atoms with E-state index >= 15 is 0 Å². The lowest BCUT2D eigenvalue weighted by molar-refractivity contribution is -0.199. The van der Waals surface area contributed by atoms with Crippen LogP contribution in [0.3, 0.4) is 0 Å². The lowest BCUT2D eigenvalue weighted by Crippen LogP contribution is -2.65. The molecule has 4 aromatic carbocycles. The zero-order chi connectivity index (χ0) is 89.7. The molecule has 0 aromatic heterocycles. The molecule has 0 radical (unpaired) electrons. The fourth-order valence-corrected chi connectivity index (χ4v) is 22.0. The first-order chi connectivity index (χ1) is 58.1. The predicted octanol–water partition coefficient (Wildman–Crippen LogP) is 12.8. The Labute approximate surface area is 734 Å². The Morgan fingerprint density at radius 3 is 1.13 bits per heavy atom. The predicted molar refractivity (Wildman–Crippen MR) is 470 cm³/mol. The van der Waals surface area contributed by atoms with Crippen LogP contribution >= 0.6 is 0 Å². The van der Waals surface area contributed by atoms with E-state index in [0.717, 1.165) is 90.0 Å². The minimum Gasteiger partial charge on any atom is -0.487 e. The average molecular weight is 1720 g/mol. The van der Waals surface area contributed by atoms with E-state index in [1.807, 2.05) is 138 Å². The number of nitrogens with two attached hydrogens (primary N) is 1. The minimum atomic E-state index is -1.16. The minimum absolute atomic E-state index is 0.0398. The Morgan fingerprint density at radius 1 is 0.484 bits per heavy atom. The van der Waals surface area contributed by atoms with E-state index in [9.17, 15) is 33.9 Å². The van der Waals surface area contributed by atoms with Crippen molar-refractivity contribution in [3.63, 3.8) is 0 Å². The molecule has 124 heavy (non-hydrogen) atoms. The van der Waals surface area contributed by atoms with Crippen LogP contribution < -0.4 is 30.6 Å². The van der Waals surface area contributed by atoms with Crippen LogP contribution in [0.1, 0.15) is 233 Å². The Kier molecular flexibility index (Phi) is 26.4. The first kappa shape index (κ1) is 92.9. The van der Waals surface area contributed by atoms with Gasteiger partial charge < -0.3 is 97.5 Å². The molecule has 0 spiro atoms. The number of carbonyl (C=O) groups excluding carboxylic acids is 6. The third-order valence-electron chi connectivity index (χ3n) is 29.8.